The molecule has 0 saturated heterocycles. The van der Waals surface area contributed by atoms with Crippen LogP contribution in [0.3, 0.4) is 0 Å². The maximum atomic E-state index is 13.3. The number of halogens is 1. The number of nitrogens with one attached hydrogen (secondary N) is 1. The largest absolute Gasteiger partial charge is 0.322 e. The predicted molar refractivity (Wildman–Crippen MR) is 86.1 cm³/mol. The molecule has 2 aromatic carbocycles. The van der Waals surface area contributed by atoms with E-state index in [2.05, 4.69) is 26.1 Å². The van der Waals surface area contributed by atoms with Crippen molar-refractivity contribution in [1.82, 2.24) is 0 Å². The van der Waals surface area contributed by atoms with E-state index < -0.39 is 22.3 Å². The highest BCUT2D eigenvalue weighted by Crippen LogP contribution is 2.24. The van der Waals surface area contributed by atoms with Crippen molar-refractivity contribution in [2.45, 2.75) is 26.2 Å². The zero-order chi connectivity index (χ0) is 17.2. The fraction of sp³-hybridized carbons (Fsp3) is 0.235. The first-order valence-corrected chi connectivity index (χ1v) is 7.04. The van der Waals surface area contributed by atoms with Gasteiger partial charge in [-0.3, -0.25) is 14.9 Å². The third kappa shape index (κ3) is 3.91. The van der Waals surface area contributed by atoms with Gasteiger partial charge in [-0.05, 0) is 35.2 Å². The molecule has 2 rings (SSSR count). The lowest BCUT2D eigenvalue weighted by molar-refractivity contribution is -0.387. The van der Waals surface area contributed by atoms with Gasteiger partial charge in [-0.1, -0.05) is 32.9 Å². The predicted octanol–water partition coefficient (Wildman–Crippen LogP) is 4.28. The summed E-state index contributed by atoms with van der Waals surface area (Å²) in [6.45, 7) is 6.24. The van der Waals surface area contributed by atoms with E-state index in [-0.39, 0.29) is 11.0 Å². The van der Waals surface area contributed by atoms with Crippen LogP contribution in [0.4, 0.5) is 15.8 Å². The third-order valence-corrected chi connectivity index (χ3v) is 3.41. The van der Waals surface area contributed by atoms with E-state index in [1.807, 2.05) is 12.1 Å². The van der Waals surface area contributed by atoms with Crippen molar-refractivity contribution in [3.63, 3.8) is 0 Å². The maximum Gasteiger partial charge on any atom is 0.305 e. The first-order chi connectivity index (χ1) is 10.7. The van der Waals surface area contributed by atoms with Crippen molar-refractivity contribution in [3.8, 4) is 0 Å². The summed E-state index contributed by atoms with van der Waals surface area (Å²) >= 11 is 0. The fourth-order valence-electron chi connectivity index (χ4n) is 2.05. The topological polar surface area (TPSA) is 72.2 Å². The van der Waals surface area contributed by atoms with Gasteiger partial charge in [0.25, 0.3) is 5.91 Å². The summed E-state index contributed by atoms with van der Waals surface area (Å²) in [7, 11) is 0. The van der Waals surface area contributed by atoms with Crippen LogP contribution in [0, 0.1) is 15.9 Å². The van der Waals surface area contributed by atoms with E-state index in [1.165, 1.54) is 6.07 Å². The Kier molecular flexibility index (Phi) is 4.45. The molecule has 0 spiro atoms. The van der Waals surface area contributed by atoms with Gasteiger partial charge in [0.1, 0.15) is 0 Å². The molecular weight excluding hydrogens is 299 g/mol. The van der Waals surface area contributed by atoms with Gasteiger partial charge in [0.05, 0.1) is 4.92 Å². The molecule has 1 amide bonds. The Labute approximate surface area is 133 Å². The van der Waals surface area contributed by atoms with Gasteiger partial charge in [-0.2, -0.15) is 4.39 Å². The molecule has 0 aliphatic carbocycles. The van der Waals surface area contributed by atoms with Gasteiger partial charge in [-0.25, -0.2) is 0 Å². The summed E-state index contributed by atoms with van der Waals surface area (Å²) in [5.74, 6) is -1.50. The summed E-state index contributed by atoms with van der Waals surface area (Å²) in [5, 5.41) is 13.4. The molecule has 0 unspecified atom stereocenters. The van der Waals surface area contributed by atoms with Gasteiger partial charge in [0, 0.05) is 17.3 Å². The van der Waals surface area contributed by atoms with E-state index in [9.17, 15) is 19.3 Å². The highest BCUT2D eigenvalue weighted by Gasteiger charge is 2.18. The van der Waals surface area contributed by atoms with Crippen LogP contribution in [0.2, 0.25) is 0 Å². The molecule has 1 N–H and O–H groups in total. The standard InChI is InChI=1S/C17H17FN2O3/c1-17(2,3)12-5-7-13(8-6-12)19-16(21)11-4-9-14(18)15(10-11)20(22)23/h4-10H,1-3H3,(H,19,21). The van der Waals surface area contributed by atoms with Crippen LogP contribution in [0.25, 0.3) is 0 Å². The lowest BCUT2D eigenvalue weighted by Gasteiger charge is -2.19. The second-order valence-electron chi connectivity index (χ2n) is 6.20. The molecule has 0 saturated carbocycles. The molecule has 0 atom stereocenters. The number of nitrogens with zero attached hydrogens (tertiary/aromatic N) is 1. The third-order valence-electron chi connectivity index (χ3n) is 3.41. The minimum absolute atomic E-state index is 0.000107. The molecule has 2 aromatic rings. The molecule has 0 fully saturated rings. The average molecular weight is 316 g/mol. The molecule has 120 valence electrons. The Balaban J connectivity index is 2.19. The zero-order valence-corrected chi connectivity index (χ0v) is 13.1. The van der Waals surface area contributed by atoms with Crippen molar-refractivity contribution in [3.05, 3.63) is 69.5 Å². The molecule has 0 heterocycles. The number of amides is 1. The zero-order valence-electron chi connectivity index (χ0n) is 13.1. The number of nitro groups is 1. The Morgan fingerprint density at radius 2 is 1.74 bits per heavy atom. The Hall–Kier alpha value is -2.76. The van der Waals surface area contributed by atoms with Gasteiger partial charge >= 0.3 is 5.69 Å². The van der Waals surface area contributed by atoms with Gasteiger partial charge < -0.3 is 5.32 Å². The number of anilines is 1. The highest BCUT2D eigenvalue weighted by atomic mass is 19.1. The molecule has 0 radical (unpaired) electrons. The lowest BCUT2D eigenvalue weighted by atomic mass is 9.87. The van der Waals surface area contributed by atoms with Crippen LogP contribution in [-0.2, 0) is 5.41 Å². The normalized spacial score (nSPS) is 11.1. The van der Waals surface area contributed by atoms with Crippen LogP contribution in [0.5, 0.6) is 0 Å². The molecule has 6 heteroatoms. The second kappa shape index (κ2) is 6.16. The summed E-state index contributed by atoms with van der Waals surface area (Å²) in [4.78, 5) is 22.0. The first kappa shape index (κ1) is 16.6. The van der Waals surface area contributed by atoms with E-state index in [0.29, 0.717) is 5.69 Å². The van der Waals surface area contributed by atoms with Crippen molar-refractivity contribution >= 4 is 17.3 Å². The van der Waals surface area contributed by atoms with Crippen LogP contribution < -0.4 is 5.32 Å². The van der Waals surface area contributed by atoms with Crippen molar-refractivity contribution < 1.29 is 14.1 Å². The van der Waals surface area contributed by atoms with Crippen molar-refractivity contribution in [2.75, 3.05) is 5.32 Å². The minimum Gasteiger partial charge on any atom is -0.322 e. The Morgan fingerprint density at radius 1 is 1.13 bits per heavy atom. The number of benzene rings is 2. The van der Waals surface area contributed by atoms with Crippen LogP contribution in [0.15, 0.2) is 42.5 Å². The molecule has 0 aliphatic rings. The Morgan fingerprint density at radius 3 is 2.26 bits per heavy atom. The maximum absolute atomic E-state index is 13.3. The number of rotatable bonds is 3. The summed E-state index contributed by atoms with van der Waals surface area (Å²) in [5.41, 5.74) is 0.988. The minimum atomic E-state index is -0.971. The molecule has 0 aromatic heterocycles. The number of hydrogen-bond donors (Lipinski definition) is 1. The van der Waals surface area contributed by atoms with E-state index in [4.69, 9.17) is 0 Å². The quantitative estimate of drug-likeness (QED) is 0.678. The fourth-order valence-corrected chi connectivity index (χ4v) is 2.05. The number of nitro benzene ring substituents is 1. The first-order valence-electron chi connectivity index (χ1n) is 7.04. The van der Waals surface area contributed by atoms with E-state index in [1.54, 1.807) is 12.1 Å². The highest BCUT2D eigenvalue weighted by molar-refractivity contribution is 6.04. The molecular formula is C17H17FN2O3. The SMILES string of the molecule is CC(C)(C)c1ccc(NC(=O)c2ccc(F)c([N+](=O)[O-])c2)cc1. The van der Waals surface area contributed by atoms with Crippen LogP contribution >= 0.6 is 0 Å². The number of carbonyl (C=O) groups excluding carboxylic acids is 1. The van der Waals surface area contributed by atoms with Crippen molar-refractivity contribution in [2.24, 2.45) is 0 Å². The van der Waals surface area contributed by atoms with Gasteiger partial charge in [0.2, 0.25) is 5.82 Å². The molecule has 0 bridgehead atoms. The lowest BCUT2D eigenvalue weighted by Crippen LogP contribution is -2.14. The molecule has 0 aliphatic heterocycles. The van der Waals surface area contributed by atoms with Crippen LogP contribution in [-0.4, -0.2) is 10.8 Å². The summed E-state index contributed by atoms with van der Waals surface area (Å²) < 4.78 is 13.3. The van der Waals surface area contributed by atoms with Gasteiger partial charge in [-0.15, -0.1) is 0 Å². The van der Waals surface area contributed by atoms with E-state index in [0.717, 1.165) is 17.7 Å². The van der Waals surface area contributed by atoms with Crippen LogP contribution in [0.1, 0.15) is 36.7 Å². The number of carbonyl (C=O) groups is 1. The smallest absolute Gasteiger partial charge is 0.305 e. The van der Waals surface area contributed by atoms with Crippen molar-refractivity contribution in [1.29, 1.82) is 0 Å². The number of hydrogen-bond acceptors (Lipinski definition) is 3. The Bertz CT molecular complexity index is 749. The summed E-state index contributed by atoms with van der Waals surface area (Å²) in [6, 6.07) is 10.4. The van der Waals surface area contributed by atoms with E-state index >= 15 is 0 Å². The second-order valence-corrected chi connectivity index (χ2v) is 6.20. The monoisotopic (exact) mass is 316 g/mol. The summed E-state index contributed by atoms with van der Waals surface area (Å²) in [6.07, 6.45) is 0. The molecule has 5 nitrogen and oxygen atoms in total. The average Bonchev–Trinajstić information content (AvgIpc) is 2.47. The molecule has 23 heavy (non-hydrogen) atoms. The van der Waals surface area contributed by atoms with Gasteiger partial charge in [0.15, 0.2) is 0 Å².